The number of carbonyl (C=O) groups is 2. The molecule has 0 spiro atoms. The highest BCUT2D eigenvalue weighted by Crippen LogP contribution is 2.15. The van der Waals surface area contributed by atoms with E-state index in [0.29, 0.717) is 19.8 Å². The van der Waals surface area contributed by atoms with Gasteiger partial charge in [0, 0.05) is 13.2 Å². The van der Waals surface area contributed by atoms with Crippen LogP contribution in [0.25, 0.3) is 0 Å². The second kappa shape index (κ2) is 7.27. The number of rotatable bonds is 6. The van der Waals surface area contributed by atoms with E-state index in [9.17, 15) is 9.59 Å². The van der Waals surface area contributed by atoms with Gasteiger partial charge in [0.25, 0.3) is 5.91 Å². The van der Waals surface area contributed by atoms with Gasteiger partial charge in [0.2, 0.25) is 0 Å². The number of ether oxygens (including phenoxy) is 2. The van der Waals surface area contributed by atoms with Gasteiger partial charge in [-0.1, -0.05) is 6.92 Å². The second-order valence-electron chi connectivity index (χ2n) is 4.07. The summed E-state index contributed by atoms with van der Waals surface area (Å²) < 4.78 is 10.2. The molecule has 0 saturated carbocycles. The zero-order valence-corrected chi connectivity index (χ0v) is 10.6. The molecular formula is C12H21NO4. The van der Waals surface area contributed by atoms with Gasteiger partial charge in [-0.3, -0.25) is 9.59 Å². The predicted molar refractivity (Wildman–Crippen MR) is 62.5 cm³/mol. The molecule has 98 valence electrons. The summed E-state index contributed by atoms with van der Waals surface area (Å²) in [5.74, 6) is -0.440. The van der Waals surface area contributed by atoms with Crippen LogP contribution < -0.4 is 0 Å². The molecule has 1 saturated heterocycles. The van der Waals surface area contributed by atoms with Crippen LogP contribution in [-0.2, 0) is 19.1 Å². The molecular weight excluding hydrogens is 222 g/mol. The van der Waals surface area contributed by atoms with Crippen LogP contribution in [0.4, 0.5) is 0 Å². The summed E-state index contributed by atoms with van der Waals surface area (Å²) in [4.78, 5) is 25.0. The molecule has 0 aliphatic carbocycles. The van der Waals surface area contributed by atoms with E-state index in [1.165, 1.54) is 4.90 Å². The standard InChI is InChI=1S/C12H21NO4/c1-3-7-13(9-11(14)16-4-2)12(15)10-6-5-8-17-10/h10H,3-9H2,1-2H3. The molecule has 1 amide bonds. The van der Waals surface area contributed by atoms with Gasteiger partial charge < -0.3 is 14.4 Å². The quantitative estimate of drug-likeness (QED) is 0.652. The van der Waals surface area contributed by atoms with E-state index in [1.807, 2.05) is 6.92 Å². The fraction of sp³-hybridized carbons (Fsp3) is 0.833. The van der Waals surface area contributed by atoms with Crippen molar-refractivity contribution < 1.29 is 19.1 Å². The van der Waals surface area contributed by atoms with Crippen molar-refractivity contribution in [3.63, 3.8) is 0 Å². The molecule has 0 bridgehead atoms. The molecule has 0 aromatic rings. The minimum atomic E-state index is -0.365. The number of carbonyl (C=O) groups excluding carboxylic acids is 2. The lowest BCUT2D eigenvalue weighted by molar-refractivity contribution is -0.152. The van der Waals surface area contributed by atoms with Crippen LogP contribution in [0.5, 0.6) is 0 Å². The lowest BCUT2D eigenvalue weighted by Gasteiger charge is -2.23. The summed E-state index contributed by atoms with van der Waals surface area (Å²) in [6, 6.07) is 0. The average molecular weight is 243 g/mol. The van der Waals surface area contributed by atoms with Gasteiger partial charge in [-0.25, -0.2) is 0 Å². The highest BCUT2D eigenvalue weighted by atomic mass is 16.5. The minimum Gasteiger partial charge on any atom is -0.465 e. The van der Waals surface area contributed by atoms with Gasteiger partial charge in [-0.15, -0.1) is 0 Å². The van der Waals surface area contributed by atoms with E-state index in [4.69, 9.17) is 9.47 Å². The van der Waals surface area contributed by atoms with E-state index in [-0.39, 0.29) is 24.5 Å². The lowest BCUT2D eigenvalue weighted by atomic mass is 10.2. The van der Waals surface area contributed by atoms with Gasteiger partial charge >= 0.3 is 5.97 Å². The first kappa shape index (κ1) is 14.0. The first-order valence-corrected chi connectivity index (χ1v) is 6.25. The minimum absolute atomic E-state index is 0.0281. The van der Waals surface area contributed by atoms with Gasteiger partial charge in [0.1, 0.15) is 12.6 Å². The van der Waals surface area contributed by atoms with E-state index < -0.39 is 0 Å². The Labute approximate surface area is 102 Å². The van der Waals surface area contributed by atoms with Gasteiger partial charge in [0.05, 0.1) is 6.61 Å². The topological polar surface area (TPSA) is 55.8 Å². The normalized spacial score (nSPS) is 19.1. The van der Waals surface area contributed by atoms with E-state index >= 15 is 0 Å². The monoisotopic (exact) mass is 243 g/mol. The molecule has 1 fully saturated rings. The summed E-state index contributed by atoms with van der Waals surface area (Å²) in [6.07, 6.45) is 2.12. The number of hydrogen-bond acceptors (Lipinski definition) is 4. The molecule has 17 heavy (non-hydrogen) atoms. The first-order valence-electron chi connectivity index (χ1n) is 6.25. The fourth-order valence-electron chi connectivity index (χ4n) is 1.88. The van der Waals surface area contributed by atoms with Crippen LogP contribution in [0.2, 0.25) is 0 Å². The number of esters is 1. The summed E-state index contributed by atoms with van der Waals surface area (Å²) >= 11 is 0. The van der Waals surface area contributed by atoms with Gasteiger partial charge in [0.15, 0.2) is 0 Å². The van der Waals surface area contributed by atoms with Crippen molar-refractivity contribution >= 4 is 11.9 Å². The van der Waals surface area contributed by atoms with Crippen LogP contribution in [-0.4, -0.2) is 49.2 Å². The fourth-order valence-corrected chi connectivity index (χ4v) is 1.88. The SMILES string of the molecule is CCCN(CC(=O)OCC)C(=O)C1CCCO1. The van der Waals surface area contributed by atoms with Crippen molar-refractivity contribution in [2.24, 2.45) is 0 Å². The molecule has 1 aliphatic rings. The summed E-state index contributed by atoms with van der Waals surface area (Å²) in [6.45, 7) is 5.30. The predicted octanol–water partition coefficient (Wildman–Crippen LogP) is 0.967. The molecule has 0 aromatic heterocycles. The maximum atomic E-state index is 12.1. The Hall–Kier alpha value is -1.10. The van der Waals surface area contributed by atoms with Crippen molar-refractivity contribution in [3.05, 3.63) is 0 Å². The smallest absolute Gasteiger partial charge is 0.325 e. The Balaban J connectivity index is 2.51. The Morgan fingerprint density at radius 3 is 2.71 bits per heavy atom. The first-order chi connectivity index (χ1) is 8.19. The molecule has 5 nitrogen and oxygen atoms in total. The zero-order chi connectivity index (χ0) is 12.7. The van der Waals surface area contributed by atoms with Crippen LogP contribution in [0.1, 0.15) is 33.1 Å². The molecule has 1 aliphatic heterocycles. The molecule has 5 heteroatoms. The van der Waals surface area contributed by atoms with E-state index in [2.05, 4.69) is 0 Å². The maximum absolute atomic E-state index is 12.1. The second-order valence-corrected chi connectivity index (χ2v) is 4.07. The Morgan fingerprint density at radius 1 is 1.41 bits per heavy atom. The number of hydrogen-bond donors (Lipinski definition) is 0. The van der Waals surface area contributed by atoms with E-state index in [1.54, 1.807) is 6.92 Å². The van der Waals surface area contributed by atoms with Crippen LogP contribution >= 0.6 is 0 Å². The highest BCUT2D eigenvalue weighted by Gasteiger charge is 2.29. The summed E-state index contributed by atoms with van der Waals surface area (Å²) in [5, 5.41) is 0. The lowest BCUT2D eigenvalue weighted by Crippen LogP contribution is -2.42. The van der Waals surface area contributed by atoms with Crippen molar-refractivity contribution in [2.75, 3.05) is 26.3 Å². The Morgan fingerprint density at radius 2 is 2.18 bits per heavy atom. The van der Waals surface area contributed by atoms with E-state index in [0.717, 1.165) is 19.3 Å². The van der Waals surface area contributed by atoms with Crippen molar-refractivity contribution in [2.45, 2.75) is 39.2 Å². The summed E-state index contributed by atoms with van der Waals surface area (Å²) in [5.41, 5.74) is 0. The molecule has 1 unspecified atom stereocenters. The van der Waals surface area contributed by atoms with Crippen LogP contribution in [0.3, 0.4) is 0 Å². The Bertz CT molecular complexity index is 261. The molecule has 1 rings (SSSR count). The molecule has 0 N–H and O–H groups in total. The summed E-state index contributed by atoms with van der Waals surface area (Å²) in [7, 11) is 0. The van der Waals surface area contributed by atoms with Crippen molar-refractivity contribution in [1.29, 1.82) is 0 Å². The van der Waals surface area contributed by atoms with Crippen molar-refractivity contribution in [3.8, 4) is 0 Å². The zero-order valence-electron chi connectivity index (χ0n) is 10.6. The largest absolute Gasteiger partial charge is 0.465 e. The van der Waals surface area contributed by atoms with Crippen LogP contribution in [0.15, 0.2) is 0 Å². The number of amides is 1. The third-order valence-electron chi connectivity index (χ3n) is 2.64. The maximum Gasteiger partial charge on any atom is 0.325 e. The third-order valence-corrected chi connectivity index (χ3v) is 2.64. The molecule has 0 aromatic carbocycles. The van der Waals surface area contributed by atoms with Crippen molar-refractivity contribution in [1.82, 2.24) is 4.90 Å². The molecule has 1 heterocycles. The molecule has 1 atom stereocenters. The van der Waals surface area contributed by atoms with Crippen LogP contribution in [0, 0.1) is 0 Å². The third kappa shape index (κ3) is 4.34. The van der Waals surface area contributed by atoms with Gasteiger partial charge in [-0.2, -0.15) is 0 Å². The highest BCUT2D eigenvalue weighted by molar-refractivity contribution is 5.85. The Kier molecular flexibility index (Phi) is 5.97. The molecule has 0 radical (unpaired) electrons. The van der Waals surface area contributed by atoms with Gasteiger partial charge in [-0.05, 0) is 26.2 Å². The average Bonchev–Trinajstić information content (AvgIpc) is 2.81. The number of nitrogens with zero attached hydrogens (tertiary/aromatic N) is 1.